The van der Waals surface area contributed by atoms with E-state index in [1.54, 1.807) is 0 Å². The van der Waals surface area contributed by atoms with E-state index in [4.69, 9.17) is 10.5 Å². The van der Waals surface area contributed by atoms with Crippen LogP contribution >= 0.6 is 0 Å². The number of benzene rings is 1. The second kappa shape index (κ2) is 4.48. The molecule has 0 aromatic heterocycles. The van der Waals surface area contributed by atoms with Gasteiger partial charge in [0.2, 0.25) is 6.43 Å². The van der Waals surface area contributed by atoms with Crippen molar-refractivity contribution in [1.29, 1.82) is 0 Å². The number of rotatable bonds is 2. The lowest BCUT2D eigenvalue weighted by Crippen LogP contribution is -2.59. The number of halogens is 2. The highest BCUT2D eigenvalue weighted by Crippen LogP contribution is 2.35. The first-order valence-corrected chi connectivity index (χ1v) is 6.16. The minimum atomic E-state index is -2.23. The van der Waals surface area contributed by atoms with Crippen LogP contribution in [0.5, 0.6) is 5.75 Å². The van der Waals surface area contributed by atoms with Crippen molar-refractivity contribution in [2.24, 2.45) is 11.7 Å². The highest BCUT2D eigenvalue weighted by molar-refractivity contribution is 5.38. The van der Waals surface area contributed by atoms with Gasteiger partial charge in [0, 0.05) is 24.6 Å². The number of para-hydroxylation sites is 1. The van der Waals surface area contributed by atoms with Gasteiger partial charge in [-0.25, -0.2) is 8.78 Å². The number of nitrogens with two attached hydrogens (primary N) is 1. The molecule has 0 spiro atoms. The molecule has 1 aromatic rings. The maximum Gasteiger partial charge on any atom is 0.243 e. The molecule has 0 unspecified atom stereocenters. The maximum absolute atomic E-state index is 12.5. The van der Waals surface area contributed by atoms with Crippen LogP contribution in [0.2, 0.25) is 0 Å². The van der Waals surface area contributed by atoms with Crippen molar-refractivity contribution in [2.75, 3.05) is 19.7 Å². The van der Waals surface area contributed by atoms with Crippen LogP contribution in [0.3, 0.4) is 0 Å². The van der Waals surface area contributed by atoms with Crippen molar-refractivity contribution >= 4 is 0 Å². The number of nitrogens with zero attached hydrogens (tertiary/aromatic N) is 1. The lowest BCUT2D eigenvalue weighted by molar-refractivity contribution is -0.0605. The average molecular weight is 254 g/mol. The first-order valence-electron chi connectivity index (χ1n) is 6.16. The number of ether oxygens (including phenoxy) is 1. The van der Waals surface area contributed by atoms with Gasteiger partial charge in [-0.05, 0) is 6.07 Å². The van der Waals surface area contributed by atoms with Crippen molar-refractivity contribution in [3.05, 3.63) is 29.8 Å². The third-order valence-electron chi connectivity index (χ3n) is 3.87. The van der Waals surface area contributed by atoms with E-state index in [-0.39, 0.29) is 12.1 Å². The molecule has 3 nitrogen and oxygen atoms in total. The highest BCUT2D eigenvalue weighted by Gasteiger charge is 2.42. The molecule has 18 heavy (non-hydrogen) atoms. The Balaban J connectivity index is 1.70. The third-order valence-corrected chi connectivity index (χ3v) is 3.87. The van der Waals surface area contributed by atoms with Gasteiger partial charge in [-0.2, -0.15) is 0 Å². The van der Waals surface area contributed by atoms with E-state index >= 15 is 0 Å². The summed E-state index contributed by atoms with van der Waals surface area (Å²) < 4.78 is 30.6. The van der Waals surface area contributed by atoms with E-state index in [1.165, 1.54) is 0 Å². The third kappa shape index (κ3) is 1.87. The van der Waals surface area contributed by atoms with Crippen molar-refractivity contribution in [3.8, 4) is 5.75 Å². The number of likely N-dealkylation sites (tertiary alicyclic amines) is 1. The van der Waals surface area contributed by atoms with Crippen LogP contribution in [0.1, 0.15) is 11.6 Å². The molecule has 0 amide bonds. The lowest BCUT2D eigenvalue weighted by atomic mass is 9.90. The fraction of sp³-hybridized carbons (Fsp3) is 0.538. The lowest BCUT2D eigenvalue weighted by Gasteiger charge is -2.47. The summed E-state index contributed by atoms with van der Waals surface area (Å²) in [7, 11) is 0. The predicted molar refractivity (Wildman–Crippen MR) is 63.7 cm³/mol. The molecule has 1 fully saturated rings. The number of hydrogen-bond acceptors (Lipinski definition) is 3. The molecule has 5 heteroatoms. The summed E-state index contributed by atoms with van der Waals surface area (Å²) in [5.74, 6) is 0.307. The number of alkyl halides is 2. The molecule has 2 aliphatic heterocycles. The van der Waals surface area contributed by atoms with E-state index in [9.17, 15) is 8.78 Å². The van der Waals surface area contributed by atoms with Crippen LogP contribution in [0.4, 0.5) is 8.78 Å². The van der Waals surface area contributed by atoms with E-state index < -0.39 is 12.3 Å². The summed E-state index contributed by atoms with van der Waals surface area (Å²) in [5.41, 5.74) is 7.18. The second-order valence-electron chi connectivity index (χ2n) is 4.99. The zero-order chi connectivity index (χ0) is 12.7. The van der Waals surface area contributed by atoms with Crippen molar-refractivity contribution in [3.63, 3.8) is 0 Å². The Kier molecular flexibility index (Phi) is 2.95. The fourth-order valence-corrected chi connectivity index (χ4v) is 2.69. The highest BCUT2D eigenvalue weighted by atomic mass is 19.3. The molecule has 3 rings (SSSR count). The monoisotopic (exact) mass is 254 g/mol. The quantitative estimate of drug-likeness (QED) is 0.872. The SMILES string of the molecule is N[C@H]1c2ccccc2OC[C@@H]1N1CC(C(F)F)C1. The molecule has 0 bridgehead atoms. The van der Waals surface area contributed by atoms with Crippen molar-refractivity contribution in [2.45, 2.75) is 18.5 Å². The first-order chi connectivity index (χ1) is 8.66. The summed E-state index contributed by atoms with van der Waals surface area (Å²) >= 11 is 0. The minimum absolute atomic E-state index is 0.00917. The van der Waals surface area contributed by atoms with Gasteiger partial charge in [0.1, 0.15) is 12.4 Å². The smallest absolute Gasteiger partial charge is 0.243 e. The Labute approximate surface area is 105 Å². The summed E-state index contributed by atoms with van der Waals surface area (Å²) in [5, 5.41) is 0. The van der Waals surface area contributed by atoms with Gasteiger partial charge in [-0.3, -0.25) is 4.90 Å². The summed E-state index contributed by atoms with van der Waals surface area (Å²) in [6.07, 6.45) is -2.23. The van der Waals surface area contributed by atoms with Crippen LogP contribution < -0.4 is 10.5 Å². The van der Waals surface area contributed by atoms with Crippen LogP contribution in [-0.2, 0) is 0 Å². The van der Waals surface area contributed by atoms with Crippen molar-refractivity contribution < 1.29 is 13.5 Å². The molecule has 2 N–H and O–H groups in total. The maximum atomic E-state index is 12.5. The molecule has 2 atom stereocenters. The Morgan fingerprint density at radius 2 is 2.00 bits per heavy atom. The largest absolute Gasteiger partial charge is 0.492 e. The zero-order valence-corrected chi connectivity index (χ0v) is 9.93. The normalized spacial score (nSPS) is 28.7. The molecule has 1 saturated heterocycles. The van der Waals surface area contributed by atoms with E-state index in [2.05, 4.69) is 0 Å². The van der Waals surface area contributed by atoms with E-state index in [0.29, 0.717) is 19.7 Å². The molecule has 98 valence electrons. The number of fused-ring (bicyclic) bond motifs is 1. The summed E-state index contributed by atoms with van der Waals surface area (Å²) in [4.78, 5) is 2.00. The van der Waals surface area contributed by atoms with E-state index in [1.807, 2.05) is 29.2 Å². The van der Waals surface area contributed by atoms with Gasteiger partial charge in [0.25, 0.3) is 0 Å². The van der Waals surface area contributed by atoms with Crippen LogP contribution in [0, 0.1) is 5.92 Å². The summed E-state index contributed by atoms with van der Waals surface area (Å²) in [6.45, 7) is 1.32. The molecule has 2 heterocycles. The van der Waals surface area contributed by atoms with Crippen LogP contribution in [0.15, 0.2) is 24.3 Å². The minimum Gasteiger partial charge on any atom is -0.492 e. The Morgan fingerprint density at radius 1 is 1.28 bits per heavy atom. The topological polar surface area (TPSA) is 38.5 Å². The van der Waals surface area contributed by atoms with Crippen LogP contribution in [-0.4, -0.2) is 37.1 Å². The molecular formula is C13H16F2N2O. The fourth-order valence-electron chi connectivity index (χ4n) is 2.69. The van der Waals surface area contributed by atoms with Gasteiger partial charge in [-0.15, -0.1) is 0 Å². The van der Waals surface area contributed by atoms with Gasteiger partial charge in [0.05, 0.1) is 12.1 Å². The van der Waals surface area contributed by atoms with E-state index in [0.717, 1.165) is 11.3 Å². The molecular weight excluding hydrogens is 238 g/mol. The van der Waals surface area contributed by atoms with Gasteiger partial charge < -0.3 is 10.5 Å². The Hall–Kier alpha value is -1.20. The second-order valence-corrected chi connectivity index (χ2v) is 4.99. The Morgan fingerprint density at radius 3 is 2.72 bits per heavy atom. The average Bonchev–Trinajstić information content (AvgIpc) is 2.30. The van der Waals surface area contributed by atoms with Crippen molar-refractivity contribution in [1.82, 2.24) is 4.90 Å². The standard InChI is InChI=1S/C13H16F2N2O/c14-13(15)8-5-17(6-8)10-7-18-11-4-2-1-3-9(11)12(10)16/h1-4,8,10,12-13H,5-7,16H2/t10-,12-/m0/s1. The van der Waals surface area contributed by atoms with Gasteiger partial charge >= 0.3 is 0 Å². The Bertz CT molecular complexity index is 435. The molecule has 0 saturated carbocycles. The zero-order valence-electron chi connectivity index (χ0n) is 9.93. The molecule has 0 radical (unpaired) electrons. The summed E-state index contributed by atoms with van der Waals surface area (Å²) in [6, 6.07) is 7.51. The number of hydrogen-bond donors (Lipinski definition) is 1. The first kappa shape index (κ1) is 11.9. The van der Waals surface area contributed by atoms with Gasteiger partial charge in [0.15, 0.2) is 0 Å². The molecule has 0 aliphatic carbocycles. The predicted octanol–water partition coefficient (Wildman–Crippen LogP) is 1.64. The molecule has 1 aromatic carbocycles. The van der Waals surface area contributed by atoms with Crippen LogP contribution in [0.25, 0.3) is 0 Å². The van der Waals surface area contributed by atoms with Gasteiger partial charge in [-0.1, -0.05) is 18.2 Å². The molecule has 2 aliphatic rings.